The second-order valence-corrected chi connectivity index (χ2v) is 11.1. The van der Waals surface area contributed by atoms with Gasteiger partial charge in [0, 0.05) is 20.3 Å². The Kier molecular flexibility index (Phi) is 6.33. The second-order valence-electron chi connectivity index (χ2n) is 6.63. The monoisotopic (exact) mass is 443 g/mol. The minimum Gasteiger partial charge on any atom is -0.376 e. The Morgan fingerprint density at radius 1 is 0.800 bits per heavy atom. The molecule has 0 N–H and O–H groups in total. The maximum atomic E-state index is 13.2. The Morgan fingerprint density at radius 3 is 1.70 bits per heavy atom. The zero-order valence-electron chi connectivity index (χ0n) is 16.5. The number of sulfone groups is 2. The average Bonchev–Trinajstić information content (AvgIpc) is 2.75. The van der Waals surface area contributed by atoms with Crippen LogP contribution < -0.4 is 4.90 Å². The predicted molar refractivity (Wildman–Crippen MR) is 118 cm³/mol. The molecule has 0 fully saturated rings. The molecule has 0 saturated carbocycles. The van der Waals surface area contributed by atoms with E-state index in [0.717, 1.165) is 11.9 Å². The van der Waals surface area contributed by atoms with E-state index in [2.05, 4.69) is 9.98 Å². The fourth-order valence-electron chi connectivity index (χ4n) is 2.67. The Morgan fingerprint density at radius 2 is 1.30 bits per heavy atom. The molecular formula is C21H21N3O4S2. The molecule has 1 aromatic heterocycles. The van der Waals surface area contributed by atoms with Crippen molar-refractivity contribution in [3.63, 3.8) is 0 Å². The highest BCUT2D eigenvalue weighted by Crippen LogP contribution is 2.25. The average molecular weight is 444 g/mol. The third-order valence-electron chi connectivity index (χ3n) is 4.33. The van der Waals surface area contributed by atoms with E-state index in [-0.39, 0.29) is 15.6 Å². The molecule has 30 heavy (non-hydrogen) atoms. The van der Waals surface area contributed by atoms with Crippen molar-refractivity contribution in [3.05, 3.63) is 79.0 Å². The van der Waals surface area contributed by atoms with Gasteiger partial charge < -0.3 is 4.90 Å². The molecule has 3 rings (SSSR count). The van der Waals surface area contributed by atoms with Gasteiger partial charge in [-0.25, -0.2) is 26.8 Å². The molecule has 1 heterocycles. The summed E-state index contributed by atoms with van der Waals surface area (Å²) in [5.74, 6) is 0.206. The molecule has 0 aliphatic rings. The first-order valence-electron chi connectivity index (χ1n) is 8.98. The quantitative estimate of drug-likeness (QED) is 0.521. The van der Waals surface area contributed by atoms with Gasteiger partial charge in [-0.05, 0) is 36.4 Å². The summed E-state index contributed by atoms with van der Waals surface area (Å²) in [5, 5.41) is 0. The van der Waals surface area contributed by atoms with Crippen LogP contribution in [0.1, 0.15) is 0 Å². The molecule has 0 aliphatic heterocycles. The lowest BCUT2D eigenvalue weighted by Gasteiger charge is -2.15. The van der Waals surface area contributed by atoms with Gasteiger partial charge >= 0.3 is 0 Å². The summed E-state index contributed by atoms with van der Waals surface area (Å²) in [5.41, 5.74) is 0.833. The Hall–Kier alpha value is -3.04. The molecule has 9 heteroatoms. The van der Waals surface area contributed by atoms with E-state index in [0.29, 0.717) is 0 Å². The molecular weight excluding hydrogens is 422 g/mol. The molecule has 0 aliphatic carbocycles. The highest BCUT2D eigenvalue weighted by atomic mass is 32.3. The van der Waals surface area contributed by atoms with Crippen molar-refractivity contribution >= 4 is 37.4 Å². The number of pyridine rings is 1. The number of aliphatic imine (C=N–C) groups is 1. The Labute approximate surface area is 176 Å². The van der Waals surface area contributed by atoms with E-state index < -0.39 is 24.3 Å². The number of nitrogens with zero attached hydrogens (tertiary/aromatic N) is 3. The number of hydrogen-bond donors (Lipinski definition) is 0. The minimum absolute atomic E-state index is 0.100. The number of benzene rings is 2. The van der Waals surface area contributed by atoms with Crippen molar-refractivity contribution in [2.75, 3.05) is 19.0 Å². The predicted octanol–water partition coefficient (Wildman–Crippen LogP) is 3.12. The van der Waals surface area contributed by atoms with Crippen LogP contribution >= 0.6 is 0 Å². The summed E-state index contributed by atoms with van der Waals surface area (Å²) in [6.07, 6.45) is 2.50. The first-order chi connectivity index (χ1) is 14.2. The SMILES string of the molecule is CN(C)c1ccc(N=CC(S(=O)(=O)c2ccccc2)S(=O)(=O)c2ccccc2)nc1. The number of aromatic nitrogens is 1. The van der Waals surface area contributed by atoms with Crippen LogP contribution in [0.15, 0.2) is 93.8 Å². The second kappa shape index (κ2) is 8.76. The van der Waals surface area contributed by atoms with Gasteiger partial charge in [-0.15, -0.1) is 0 Å². The third-order valence-corrected chi connectivity index (χ3v) is 9.18. The van der Waals surface area contributed by atoms with Gasteiger partial charge in [-0.2, -0.15) is 0 Å². The lowest BCUT2D eigenvalue weighted by molar-refractivity contribution is 0.584. The first-order valence-corrected chi connectivity index (χ1v) is 12.1. The van der Waals surface area contributed by atoms with Gasteiger partial charge in [-0.3, -0.25) is 0 Å². The Balaban J connectivity index is 2.08. The van der Waals surface area contributed by atoms with Crippen LogP contribution in [0.2, 0.25) is 0 Å². The van der Waals surface area contributed by atoms with Crippen molar-refractivity contribution in [2.24, 2.45) is 4.99 Å². The topological polar surface area (TPSA) is 96.8 Å². The van der Waals surface area contributed by atoms with Gasteiger partial charge in [0.25, 0.3) is 0 Å². The van der Waals surface area contributed by atoms with Gasteiger partial charge in [0.15, 0.2) is 5.82 Å². The number of anilines is 1. The first kappa shape index (κ1) is 21.7. The van der Waals surface area contributed by atoms with Gasteiger partial charge in [-0.1, -0.05) is 36.4 Å². The highest BCUT2D eigenvalue weighted by Gasteiger charge is 2.38. The van der Waals surface area contributed by atoms with Gasteiger partial charge in [0.2, 0.25) is 24.3 Å². The van der Waals surface area contributed by atoms with E-state index in [1.807, 2.05) is 19.0 Å². The summed E-state index contributed by atoms with van der Waals surface area (Å²) >= 11 is 0. The van der Waals surface area contributed by atoms with Crippen molar-refractivity contribution in [2.45, 2.75) is 14.4 Å². The summed E-state index contributed by atoms with van der Waals surface area (Å²) in [6, 6.07) is 18.3. The van der Waals surface area contributed by atoms with E-state index >= 15 is 0 Å². The van der Waals surface area contributed by atoms with Crippen LogP contribution in [0, 0.1) is 0 Å². The van der Waals surface area contributed by atoms with Crippen LogP contribution in [-0.4, -0.2) is 46.7 Å². The summed E-state index contributed by atoms with van der Waals surface area (Å²) in [6.45, 7) is 0. The van der Waals surface area contributed by atoms with Crippen molar-refractivity contribution in [3.8, 4) is 0 Å². The largest absolute Gasteiger partial charge is 0.376 e. The summed E-state index contributed by atoms with van der Waals surface area (Å²) < 4.78 is 51.0. The Bertz CT molecular complexity index is 1150. The summed E-state index contributed by atoms with van der Waals surface area (Å²) in [4.78, 5) is 9.88. The van der Waals surface area contributed by atoms with E-state index in [1.165, 1.54) is 48.5 Å². The molecule has 0 atom stereocenters. The molecule has 0 amide bonds. The molecule has 0 saturated heterocycles. The molecule has 7 nitrogen and oxygen atoms in total. The van der Waals surface area contributed by atoms with Gasteiger partial charge in [0.05, 0.1) is 21.7 Å². The minimum atomic E-state index is -4.27. The lowest BCUT2D eigenvalue weighted by Crippen LogP contribution is -2.32. The highest BCUT2D eigenvalue weighted by molar-refractivity contribution is 8.10. The standard InChI is InChI=1S/C21H21N3O4S2/c1-24(2)17-13-14-20(22-15-17)23-16-21(29(25,26)18-9-5-3-6-10-18)30(27,28)19-11-7-4-8-12-19/h3-16,21H,1-2H3. The zero-order chi connectivity index (χ0) is 21.8. The molecule has 0 bridgehead atoms. The lowest BCUT2D eigenvalue weighted by atomic mass is 10.4. The zero-order valence-corrected chi connectivity index (χ0v) is 18.1. The van der Waals surface area contributed by atoms with E-state index in [9.17, 15) is 16.8 Å². The van der Waals surface area contributed by atoms with Crippen molar-refractivity contribution in [1.82, 2.24) is 4.98 Å². The van der Waals surface area contributed by atoms with Crippen LogP contribution in [-0.2, 0) is 19.7 Å². The van der Waals surface area contributed by atoms with Crippen molar-refractivity contribution in [1.29, 1.82) is 0 Å². The van der Waals surface area contributed by atoms with E-state index in [1.54, 1.807) is 30.5 Å². The normalized spacial score (nSPS) is 12.4. The van der Waals surface area contributed by atoms with Crippen molar-refractivity contribution < 1.29 is 16.8 Å². The maximum absolute atomic E-state index is 13.2. The van der Waals surface area contributed by atoms with Crippen LogP contribution in [0.5, 0.6) is 0 Å². The van der Waals surface area contributed by atoms with Crippen LogP contribution in [0.25, 0.3) is 0 Å². The number of hydrogen-bond acceptors (Lipinski definition) is 7. The van der Waals surface area contributed by atoms with Gasteiger partial charge in [0.1, 0.15) is 0 Å². The maximum Gasteiger partial charge on any atom is 0.206 e. The smallest absolute Gasteiger partial charge is 0.206 e. The fourth-order valence-corrected chi connectivity index (χ4v) is 6.72. The summed E-state index contributed by atoms with van der Waals surface area (Å²) in [7, 11) is -4.83. The fraction of sp³-hybridized carbons (Fsp3) is 0.143. The molecule has 0 unspecified atom stereocenters. The molecule has 0 radical (unpaired) electrons. The molecule has 0 spiro atoms. The third kappa shape index (κ3) is 4.58. The molecule has 156 valence electrons. The number of rotatable bonds is 7. The molecule has 3 aromatic rings. The molecule has 2 aromatic carbocycles. The van der Waals surface area contributed by atoms with E-state index in [4.69, 9.17) is 0 Å². The van der Waals surface area contributed by atoms with Crippen LogP contribution in [0.3, 0.4) is 0 Å². The van der Waals surface area contributed by atoms with Crippen LogP contribution in [0.4, 0.5) is 11.5 Å².